The van der Waals surface area contributed by atoms with Crippen molar-refractivity contribution in [1.29, 1.82) is 0 Å². The van der Waals surface area contributed by atoms with Gasteiger partial charge in [0, 0.05) is 27.1 Å². The summed E-state index contributed by atoms with van der Waals surface area (Å²) in [6.45, 7) is -2.77. The lowest BCUT2D eigenvalue weighted by Gasteiger charge is -2.31. The summed E-state index contributed by atoms with van der Waals surface area (Å²) < 4.78 is 83.1. The van der Waals surface area contributed by atoms with E-state index in [1.165, 1.54) is 43.5 Å². The number of carbonyl (C=O) groups excluding carboxylic acids is 1. The maximum atomic E-state index is 14.6. The highest BCUT2D eigenvalue weighted by Crippen LogP contribution is 2.48. The summed E-state index contributed by atoms with van der Waals surface area (Å²) in [6, 6.07) is 10.8. The van der Waals surface area contributed by atoms with Gasteiger partial charge in [0.2, 0.25) is 5.60 Å². The van der Waals surface area contributed by atoms with Crippen LogP contribution in [0, 0.1) is 6.92 Å². The van der Waals surface area contributed by atoms with Crippen LogP contribution in [-0.2, 0) is 11.0 Å². The average molecular weight is 623 g/mol. The molecule has 4 aromatic rings. The van der Waals surface area contributed by atoms with Crippen LogP contribution in [-0.4, -0.2) is 66.0 Å². The van der Waals surface area contributed by atoms with Crippen LogP contribution in [0.1, 0.15) is 27.3 Å². The Labute approximate surface area is 246 Å². The van der Waals surface area contributed by atoms with Gasteiger partial charge in [0.05, 0.1) is 30.5 Å². The third-order valence-electron chi connectivity index (χ3n) is 7.32. The average Bonchev–Trinajstić information content (AvgIpc) is 3.37. The van der Waals surface area contributed by atoms with Crippen molar-refractivity contribution in [2.24, 2.45) is 0 Å². The van der Waals surface area contributed by atoms with Crippen LogP contribution in [0.5, 0.6) is 11.5 Å². The van der Waals surface area contributed by atoms with Crippen molar-refractivity contribution in [2.75, 3.05) is 33.6 Å². The van der Waals surface area contributed by atoms with E-state index in [0.717, 1.165) is 6.07 Å². The number of methoxy groups -OCH3 is 1. The molecule has 1 amide bonds. The predicted molar refractivity (Wildman–Crippen MR) is 147 cm³/mol. The zero-order valence-corrected chi connectivity index (χ0v) is 23.5. The number of ether oxygens (including phenoxy) is 2. The molecule has 43 heavy (non-hydrogen) atoms. The summed E-state index contributed by atoms with van der Waals surface area (Å²) in [5.74, 6) is -0.930. The van der Waals surface area contributed by atoms with E-state index in [1.807, 2.05) is 0 Å². The maximum Gasteiger partial charge on any atom is 0.424 e. The van der Waals surface area contributed by atoms with Crippen LogP contribution in [0.2, 0.25) is 5.02 Å². The summed E-state index contributed by atoms with van der Waals surface area (Å²) in [7, 11) is 1.33. The van der Waals surface area contributed by atoms with E-state index in [-0.39, 0.29) is 33.9 Å². The summed E-state index contributed by atoms with van der Waals surface area (Å²) in [6.07, 6.45) is -5.39. The highest BCUT2D eigenvalue weighted by atomic mass is 35.5. The third-order valence-corrected chi connectivity index (χ3v) is 7.57. The minimum absolute atomic E-state index is 0.0766. The molecule has 1 atom stereocenters. The first-order chi connectivity index (χ1) is 20.4. The SMILES string of the molecule is COc1cc(C(=O)NC[C@](O)(c2cc3c(c(-c4ccc(Cl)cc4)n2)OCC3(CF)CF)C(F)(F)F)cc2cc(C)nnc12. The number of hydrogen-bond donors (Lipinski definition) is 2. The minimum atomic E-state index is -5.39. The predicted octanol–water partition coefficient (Wildman–Crippen LogP) is 5.41. The Kier molecular flexibility index (Phi) is 7.90. The van der Waals surface area contributed by atoms with E-state index in [1.54, 1.807) is 13.0 Å². The summed E-state index contributed by atoms with van der Waals surface area (Å²) in [5, 5.41) is 22.1. The van der Waals surface area contributed by atoms with Gasteiger partial charge in [-0.15, -0.1) is 5.10 Å². The zero-order valence-electron chi connectivity index (χ0n) is 22.7. The standard InChI is InChI=1S/C29H24ClF5N4O4/c1-15-7-17-8-18(9-21(42-2)23(17)39-38-15)26(40)36-13-28(41,29(33,34)35)22-10-20-25(43-14-27(20,11-31)12-32)24(37-22)16-3-5-19(30)6-4-16/h3-10,41H,11-14H2,1-2H3,(H,36,40)/t28-/m0/s1. The van der Waals surface area contributed by atoms with Gasteiger partial charge in [0.15, 0.2) is 0 Å². The van der Waals surface area contributed by atoms with E-state index in [2.05, 4.69) is 20.5 Å². The first-order valence-corrected chi connectivity index (χ1v) is 13.2. The molecule has 8 nitrogen and oxygen atoms in total. The number of nitrogens with one attached hydrogen (secondary N) is 1. The van der Waals surface area contributed by atoms with Crippen LogP contribution < -0.4 is 14.8 Å². The molecule has 2 aromatic carbocycles. The second kappa shape index (κ2) is 11.2. The van der Waals surface area contributed by atoms with Crippen molar-refractivity contribution in [3.8, 4) is 22.8 Å². The molecule has 0 aliphatic carbocycles. The maximum absolute atomic E-state index is 14.6. The lowest BCUT2D eigenvalue weighted by Crippen LogP contribution is -2.51. The van der Waals surface area contributed by atoms with Crippen molar-refractivity contribution < 1.29 is 41.3 Å². The number of halogens is 6. The van der Waals surface area contributed by atoms with Gasteiger partial charge >= 0.3 is 6.18 Å². The van der Waals surface area contributed by atoms with Gasteiger partial charge < -0.3 is 19.9 Å². The van der Waals surface area contributed by atoms with Crippen LogP contribution in [0.25, 0.3) is 22.2 Å². The Morgan fingerprint density at radius 1 is 1.12 bits per heavy atom. The molecule has 1 aliphatic rings. The van der Waals surface area contributed by atoms with Gasteiger partial charge in [-0.25, -0.2) is 13.8 Å². The fraction of sp³-hybridized carbons (Fsp3) is 0.310. The molecule has 3 heterocycles. The van der Waals surface area contributed by atoms with Gasteiger partial charge in [0.1, 0.15) is 42.7 Å². The number of benzene rings is 2. The molecule has 2 N–H and O–H groups in total. The number of aromatic nitrogens is 3. The number of alkyl halides is 5. The minimum Gasteiger partial charge on any atom is -0.494 e. The van der Waals surface area contributed by atoms with E-state index < -0.39 is 55.3 Å². The molecule has 0 fully saturated rings. The number of nitrogens with zero attached hydrogens (tertiary/aromatic N) is 3. The van der Waals surface area contributed by atoms with Gasteiger partial charge in [-0.3, -0.25) is 4.79 Å². The molecular weight excluding hydrogens is 599 g/mol. The molecule has 14 heteroatoms. The normalized spacial score (nSPS) is 15.5. The first-order valence-electron chi connectivity index (χ1n) is 12.8. The largest absolute Gasteiger partial charge is 0.494 e. The second-order valence-electron chi connectivity index (χ2n) is 10.2. The van der Waals surface area contributed by atoms with Crippen molar-refractivity contribution >= 4 is 28.4 Å². The van der Waals surface area contributed by atoms with E-state index in [9.17, 15) is 31.9 Å². The smallest absolute Gasteiger partial charge is 0.424 e. The van der Waals surface area contributed by atoms with Gasteiger partial charge in [-0.2, -0.15) is 18.3 Å². The molecular formula is C29H24ClF5N4O4. The Morgan fingerprint density at radius 3 is 2.44 bits per heavy atom. The molecule has 1 aliphatic heterocycles. The van der Waals surface area contributed by atoms with E-state index in [4.69, 9.17) is 21.1 Å². The number of hydrogen-bond acceptors (Lipinski definition) is 7. The number of pyridine rings is 1. The van der Waals surface area contributed by atoms with E-state index >= 15 is 0 Å². The summed E-state index contributed by atoms with van der Waals surface area (Å²) in [5.41, 5.74) is -6.06. The second-order valence-corrected chi connectivity index (χ2v) is 10.7. The fourth-order valence-electron chi connectivity index (χ4n) is 4.80. The summed E-state index contributed by atoms with van der Waals surface area (Å²) in [4.78, 5) is 17.2. The number of rotatable bonds is 8. The molecule has 2 aromatic heterocycles. The van der Waals surface area contributed by atoms with Crippen LogP contribution in [0.15, 0.2) is 48.5 Å². The van der Waals surface area contributed by atoms with Gasteiger partial charge in [-0.1, -0.05) is 23.7 Å². The molecule has 0 bridgehead atoms. The topological polar surface area (TPSA) is 106 Å². The van der Waals surface area contributed by atoms with Crippen LogP contribution in [0.4, 0.5) is 22.0 Å². The van der Waals surface area contributed by atoms with Crippen molar-refractivity contribution in [3.63, 3.8) is 0 Å². The third kappa shape index (κ3) is 5.31. The first kappa shape index (κ1) is 30.4. The molecule has 0 radical (unpaired) electrons. The quantitative estimate of drug-likeness (QED) is 0.253. The molecule has 0 saturated carbocycles. The number of carbonyl (C=O) groups is 1. The van der Waals surface area contributed by atoms with Crippen molar-refractivity contribution in [1.82, 2.24) is 20.5 Å². The van der Waals surface area contributed by atoms with Crippen LogP contribution >= 0.6 is 11.6 Å². The molecule has 226 valence electrons. The number of aliphatic hydroxyl groups is 1. The Hall–Kier alpha value is -4.10. The van der Waals surface area contributed by atoms with Crippen molar-refractivity contribution in [3.05, 3.63) is 76.1 Å². The fourth-order valence-corrected chi connectivity index (χ4v) is 4.92. The molecule has 0 spiro atoms. The number of amides is 1. The Balaban J connectivity index is 1.58. The molecule has 0 unspecified atom stereocenters. The Bertz CT molecular complexity index is 1700. The summed E-state index contributed by atoms with van der Waals surface area (Å²) >= 11 is 5.96. The molecule has 5 rings (SSSR count). The van der Waals surface area contributed by atoms with Crippen molar-refractivity contribution in [2.45, 2.75) is 24.1 Å². The zero-order chi connectivity index (χ0) is 31.2. The van der Waals surface area contributed by atoms with E-state index in [0.29, 0.717) is 21.6 Å². The Morgan fingerprint density at radius 2 is 1.81 bits per heavy atom. The highest BCUT2D eigenvalue weighted by molar-refractivity contribution is 6.30. The van der Waals surface area contributed by atoms with Crippen LogP contribution in [0.3, 0.4) is 0 Å². The highest BCUT2D eigenvalue weighted by Gasteiger charge is 2.57. The lowest BCUT2D eigenvalue weighted by atomic mass is 9.82. The number of fused-ring (bicyclic) bond motifs is 2. The number of aryl methyl sites for hydroxylation is 1. The monoisotopic (exact) mass is 622 g/mol. The van der Waals surface area contributed by atoms with Gasteiger partial charge in [0.25, 0.3) is 5.91 Å². The lowest BCUT2D eigenvalue weighted by molar-refractivity contribution is -0.265. The van der Waals surface area contributed by atoms with Gasteiger partial charge in [-0.05, 0) is 43.3 Å². The molecule has 0 saturated heterocycles.